The molecule has 1 fully saturated rings. The van der Waals surface area contributed by atoms with Crippen LogP contribution in [0.15, 0.2) is 70.5 Å². The van der Waals surface area contributed by atoms with E-state index in [1.807, 2.05) is 63.4 Å². The molecule has 7 heteroatoms. The Bertz CT molecular complexity index is 1120. The van der Waals surface area contributed by atoms with Gasteiger partial charge >= 0.3 is 5.97 Å². The van der Waals surface area contributed by atoms with Gasteiger partial charge in [0, 0.05) is 12.3 Å². The molecule has 2 aliphatic heterocycles. The molecule has 2 heterocycles. The summed E-state index contributed by atoms with van der Waals surface area (Å²) in [4.78, 5) is 13.8. The van der Waals surface area contributed by atoms with Gasteiger partial charge in [0.2, 0.25) is 10.0 Å². The molecule has 5 nitrogen and oxygen atoms in total. The van der Waals surface area contributed by atoms with Crippen molar-refractivity contribution in [2.75, 3.05) is 12.3 Å². The summed E-state index contributed by atoms with van der Waals surface area (Å²) in [6.45, 7) is 7.59. The van der Waals surface area contributed by atoms with Gasteiger partial charge in [-0.05, 0) is 56.4 Å². The van der Waals surface area contributed by atoms with Gasteiger partial charge in [-0.25, -0.2) is 8.42 Å². The molecule has 0 bridgehead atoms. The summed E-state index contributed by atoms with van der Waals surface area (Å²) in [5.74, 6) is 0.0863. The Balaban J connectivity index is 1.87. The summed E-state index contributed by atoms with van der Waals surface area (Å²) in [5.41, 5.74) is 0.860. The van der Waals surface area contributed by atoms with Crippen LogP contribution in [-0.4, -0.2) is 36.6 Å². The fourth-order valence-electron chi connectivity index (χ4n) is 4.24. The number of ether oxygens (including phenoxy) is 1. The van der Waals surface area contributed by atoms with E-state index in [0.29, 0.717) is 5.75 Å². The maximum Gasteiger partial charge on any atom is 0.319 e. The predicted octanol–water partition coefficient (Wildman–Crippen LogP) is 4.70. The van der Waals surface area contributed by atoms with Crippen LogP contribution in [0.4, 0.5) is 0 Å². The zero-order chi connectivity index (χ0) is 22.4. The fourth-order valence-corrected chi connectivity index (χ4v) is 7.17. The number of hydrogen-bond donors (Lipinski definition) is 0. The molecule has 4 rings (SSSR count). The molecule has 1 saturated heterocycles. The maximum absolute atomic E-state index is 13.8. The van der Waals surface area contributed by atoms with Crippen molar-refractivity contribution in [2.24, 2.45) is 5.41 Å². The third-order valence-corrected chi connectivity index (χ3v) is 8.60. The molecule has 2 aromatic carbocycles. The Hall–Kier alpha value is -2.09. The van der Waals surface area contributed by atoms with E-state index in [0.717, 1.165) is 16.7 Å². The normalized spacial score (nSPS) is 24.0. The maximum atomic E-state index is 13.8. The van der Waals surface area contributed by atoms with E-state index in [1.165, 1.54) is 4.31 Å². The predicted molar refractivity (Wildman–Crippen MR) is 123 cm³/mol. The molecule has 0 N–H and O–H groups in total. The number of nitrogens with zero attached hydrogens (tertiary/aromatic N) is 1. The number of carbonyl (C=O) groups excluding carboxylic acids is 1. The standard InChI is InChI=1S/C24H27NO4S2/c1-17-10-12-20(13-11-17)31(27,28)25-14-19-15-30-16-24(19,22(26)29-23(2,3)4)21(25)18-8-6-5-7-9-18/h5-13,15,21H,14,16H2,1-4H3/t21-,24+/m0/s1. The van der Waals surface area contributed by atoms with E-state index >= 15 is 0 Å². The van der Waals surface area contributed by atoms with Crippen LogP contribution < -0.4 is 0 Å². The molecule has 2 aliphatic rings. The minimum atomic E-state index is -3.83. The van der Waals surface area contributed by atoms with Crippen LogP contribution >= 0.6 is 11.8 Å². The van der Waals surface area contributed by atoms with Crippen molar-refractivity contribution in [3.63, 3.8) is 0 Å². The van der Waals surface area contributed by atoms with Gasteiger partial charge in [0.05, 0.1) is 10.9 Å². The number of hydrogen-bond acceptors (Lipinski definition) is 5. The fraction of sp³-hybridized carbons (Fsp3) is 0.375. The second kappa shape index (κ2) is 7.80. The third kappa shape index (κ3) is 3.83. The molecule has 31 heavy (non-hydrogen) atoms. The van der Waals surface area contributed by atoms with Crippen LogP contribution in [0.1, 0.15) is 37.9 Å². The number of thioether (sulfide) groups is 1. The first-order chi connectivity index (χ1) is 14.6. The largest absolute Gasteiger partial charge is 0.459 e. The van der Waals surface area contributed by atoms with Crippen LogP contribution in [0.3, 0.4) is 0 Å². The van der Waals surface area contributed by atoms with Gasteiger partial charge in [-0.2, -0.15) is 4.31 Å². The molecule has 2 aromatic rings. The molecular weight excluding hydrogens is 430 g/mol. The van der Waals surface area contributed by atoms with Gasteiger partial charge in [0.15, 0.2) is 0 Å². The zero-order valence-electron chi connectivity index (χ0n) is 18.2. The van der Waals surface area contributed by atoms with Crippen LogP contribution in [0.25, 0.3) is 0 Å². The van der Waals surface area contributed by atoms with E-state index in [9.17, 15) is 13.2 Å². The van der Waals surface area contributed by atoms with Crippen molar-refractivity contribution >= 4 is 27.8 Å². The van der Waals surface area contributed by atoms with Gasteiger partial charge in [-0.15, -0.1) is 11.8 Å². The number of aryl methyl sites for hydroxylation is 1. The minimum absolute atomic E-state index is 0.169. The highest BCUT2D eigenvalue weighted by atomic mass is 32.2. The van der Waals surface area contributed by atoms with E-state index in [1.54, 1.807) is 36.0 Å². The number of carbonyl (C=O) groups is 1. The van der Waals surface area contributed by atoms with Gasteiger partial charge in [-0.1, -0.05) is 48.0 Å². The number of esters is 1. The molecule has 0 saturated carbocycles. The van der Waals surface area contributed by atoms with Crippen molar-refractivity contribution in [2.45, 2.75) is 44.2 Å². The summed E-state index contributed by atoms with van der Waals surface area (Å²) in [6, 6.07) is 15.6. The third-order valence-electron chi connectivity index (χ3n) is 5.70. The first-order valence-corrected chi connectivity index (χ1v) is 12.7. The van der Waals surface area contributed by atoms with Gasteiger partial charge in [0.25, 0.3) is 0 Å². The second-order valence-electron chi connectivity index (χ2n) is 9.10. The summed E-state index contributed by atoms with van der Waals surface area (Å²) in [7, 11) is -3.83. The summed E-state index contributed by atoms with van der Waals surface area (Å²) in [5, 5.41) is 1.94. The van der Waals surface area contributed by atoms with Crippen molar-refractivity contribution in [1.82, 2.24) is 4.31 Å². The lowest BCUT2D eigenvalue weighted by Gasteiger charge is -2.36. The van der Waals surface area contributed by atoms with Crippen molar-refractivity contribution in [3.05, 3.63) is 76.7 Å². The van der Waals surface area contributed by atoms with Crippen LogP contribution in [0, 0.1) is 12.3 Å². The van der Waals surface area contributed by atoms with Crippen LogP contribution in [0.5, 0.6) is 0 Å². The van der Waals surface area contributed by atoms with E-state index < -0.39 is 27.1 Å². The lowest BCUT2D eigenvalue weighted by Crippen LogP contribution is -2.44. The number of sulfonamides is 1. The van der Waals surface area contributed by atoms with Crippen molar-refractivity contribution in [1.29, 1.82) is 0 Å². The first kappa shape index (κ1) is 22.1. The SMILES string of the molecule is Cc1ccc(S(=O)(=O)N2CC3=CSC[C@]3(C(=O)OC(C)(C)C)[C@@H]2c2ccccc2)cc1. The lowest BCUT2D eigenvalue weighted by molar-refractivity contribution is -0.165. The highest BCUT2D eigenvalue weighted by Crippen LogP contribution is 2.58. The average molecular weight is 458 g/mol. The average Bonchev–Trinajstić information content (AvgIpc) is 3.25. The minimum Gasteiger partial charge on any atom is -0.459 e. The summed E-state index contributed by atoms with van der Waals surface area (Å²) in [6.07, 6.45) is 0. The number of rotatable bonds is 4. The number of benzene rings is 2. The molecule has 0 unspecified atom stereocenters. The highest BCUT2D eigenvalue weighted by molar-refractivity contribution is 8.02. The molecule has 0 radical (unpaired) electrons. The van der Waals surface area contributed by atoms with Crippen LogP contribution in [-0.2, 0) is 19.6 Å². The molecule has 0 aromatic heterocycles. The summed E-state index contributed by atoms with van der Waals surface area (Å²) >= 11 is 1.54. The molecule has 2 atom stereocenters. The van der Waals surface area contributed by atoms with Gasteiger partial charge in [0.1, 0.15) is 11.0 Å². The Morgan fingerprint density at radius 3 is 2.35 bits per heavy atom. The van der Waals surface area contributed by atoms with E-state index in [2.05, 4.69) is 0 Å². The molecular formula is C24H27NO4S2. The Kier molecular flexibility index (Phi) is 5.56. The smallest absolute Gasteiger partial charge is 0.319 e. The van der Waals surface area contributed by atoms with E-state index in [-0.39, 0.29) is 17.4 Å². The van der Waals surface area contributed by atoms with Crippen molar-refractivity contribution in [3.8, 4) is 0 Å². The molecule has 0 spiro atoms. The summed E-state index contributed by atoms with van der Waals surface area (Å²) < 4.78 is 34.8. The Morgan fingerprint density at radius 1 is 1.10 bits per heavy atom. The zero-order valence-corrected chi connectivity index (χ0v) is 19.8. The van der Waals surface area contributed by atoms with Crippen LogP contribution in [0.2, 0.25) is 0 Å². The molecule has 0 amide bonds. The molecule has 0 aliphatic carbocycles. The molecule has 164 valence electrons. The second-order valence-corrected chi connectivity index (χ2v) is 11.9. The van der Waals surface area contributed by atoms with Crippen molar-refractivity contribution < 1.29 is 17.9 Å². The highest BCUT2D eigenvalue weighted by Gasteiger charge is 2.62. The topological polar surface area (TPSA) is 63.7 Å². The van der Waals surface area contributed by atoms with Gasteiger partial charge < -0.3 is 4.74 Å². The monoisotopic (exact) mass is 457 g/mol. The Morgan fingerprint density at radius 2 is 1.74 bits per heavy atom. The Labute approximate surface area is 188 Å². The lowest BCUT2D eigenvalue weighted by atomic mass is 9.76. The van der Waals surface area contributed by atoms with E-state index in [4.69, 9.17) is 4.74 Å². The number of fused-ring (bicyclic) bond motifs is 1. The first-order valence-electron chi connectivity index (χ1n) is 10.2. The van der Waals surface area contributed by atoms with Gasteiger partial charge in [-0.3, -0.25) is 4.79 Å². The quantitative estimate of drug-likeness (QED) is 0.623.